The molecule has 2 amide bonds. The largest absolute Gasteiger partial charge is 0.483 e. The van der Waals surface area contributed by atoms with Gasteiger partial charge in [0.15, 0.2) is 6.61 Å². The van der Waals surface area contributed by atoms with Gasteiger partial charge in [0.2, 0.25) is 5.91 Å². The zero-order valence-corrected chi connectivity index (χ0v) is 20.9. The summed E-state index contributed by atoms with van der Waals surface area (Å²) in [7, 11) is 0. The molecule has 0 spiro atoms. The Labute approximate surface area is 194 Å². The van der Waals surface area contributed by atoms with E-state index in [-0.39, 0.29) is 24.5 Å². The number of hydrogen-bond acceptors (Lipinski definition) is 3. The second kappa shape index (κ2) is 11.3. The van der Waals surface area contributed by atoms with Gasteiger partial charge in [-0.2, -0.15) is 0 Å². The molecule has 6 heteroatoms. The lowest BCUT2D eigenvalue weighted by Gasteiger charge is -2.29. The third kappa shape index (κ3) is 7.10. The Morgan fingerprint density at radius 3 is 2.35 bits per heavy atom. The first kappa shape index (κ1) is 24.9. The molecule has 2 atom stereocenters. The van der Waals surface area contributed by atoms with E-state index >= 15 is 0 Å². The van der Waals surface area contributed by atoms with Crippen molar-refractivity contribution in [3.8, 4) is 5.75 Å². The molecule has 0 aliphatic rings. The second-order valence-corrected chi connectivity index (χ2v) is 9.05. The van der Waals surface area contributed by atoms with Crippen LogP contribution < -0.4 is 10.1 Å². The summed E-state index contributed by atoms with van der Waals surface area (Å²) in [6.07, 6.45) is 0.828. The van der Waals surface area contributed by atoms with Gasteiger partial charge < -0.3 is 15.0 Å². The van der Waals surface area contributed by atoms with Crippen molar-refractivity contribution in [1.82, 2.24) is 10.2 Å². The molecule has 168 valence electrons. The predicted octanol–water partition coefficient (Wildman–Crippen LogP) is 5.09. The molecule has 0 bridgehead atoms. The lowest BCUT2D eigenvalue weighted by Crippen LogP contribution is -2.50. The maximum absolute atomic E-state index is 13.2. The van der Waals surface area contributed by atoms with E-state index in [0.29, 0.717) is 12.3 Å². The van der Waals surface area contributed by atoms with Crippen molar-refractivity contribution in [2.45, 2.75) is 66.6 Å². The summed E-state index contributed by atoms with van der Waals surface area (Å²) in [4.78, 5) is 27.5. The van der Waals surface area contributed by atoms with Crippen molar-refractivity contribution in [2.75, 3.05) is 6.61 Å². The topological polar surface area (TPSA) is 58.6 Å². The average Bonchev–Trinajstić information content (AvgIpc) is 2.73. The van der Waals surface area contributed by atoms with Gasteiger partial charge in [-0.1, -0.05) is 41.1 Å². The Kier molecular flexibility index (Phi) is 9.11. The van der Waals surface area contributed by atoms with Crippen LogP contribution in [-0.4, -0.2) is 35.4 Å². The van der Waals surface area contributed by atoms with E-state index in [4.69, 9.17) is 4.74 Å². The maximum Gasteiger partial charge on any atom is 0.261 e. The summed E-state index contributed by atoms with van der Waals surface area (Å²) in [5.74, 6) is 0.307. The van der Waals surface area contributed by atoms with Crippen LogP contribution in [0.25, 0.3) is 0 Å². The SMILES string of the molecule is CCC(C)NC(=O)C(C)N(Cc1ccc(Br)cc1)C(=O)COc1cc(C)cc(C)c1C. The average molecular weight is 489 g/mol. The van der Waals surface area contributed by atoms with E-state index in [1.807, 2.05) is 65.0 Å². The Morgan fingerprint density at radius 1 is 1.10 bits per heavy atom. The van der Waals surface area contributed by atoms with Gasteiger partial charge in [-0.25, -0.2) is 0 Å². The zero-order valence-electron chi connectivity index (χ0n) is 19.3. The molecule has 0 aliphatic heterocycles. The monoisotopic (exact) mass is 488 g/mol. The Balaban J connectivity index is 2.20. The van der Waals surface area contributed by atoms with Crippen molar-refractivity contribution in [3.63, 3.8) is 0 Å². The fourth-order valence-electron chi connectivity index (χ4n) is 3.21. The lowest BCUT2D eigenvalue weighted by atomic mass is 10.1. The summed E-state index contributed by atoms with van der Waals surface area (Å²) >= 11 is 3.43. The number of aryl methyl sites for hydroxylation is 2. The van der Waals surface area contributed by atoms with E-state index in [9.17, 15) is 9.59 Å². The first-order chi connectivity index (χ1) is 14.6. The third-order valence-electron chi connectivity index (χ3n) is 5.55. The highest BCUT2D eigenvalue weighted by molar-refractivity contribution is 9.10. The number of halogens is 1. The Bertz CT molecular complexity index is 912. The highest BCUT2D eigenvalue weighted by Gasteiger charge is 2.27. The highest BCUT2D eigenvalue weighted by Crippen LogP contribution is 2.23. The number of rotatable bonds is 9. The fraction of sp³-hybridized carbons (Fsp3) is 0.440. The Morgan fingerprint density at radius 2 is 1.74 bits per heavy atom. The van der Waals surface area contributed by atoms with Gasteiger partial charge in [0.1, 0.15) is 11.8 Å². The minimum absolute atomic E-state index is 0.0498. The van der Waals surface area contributed by atoms with Crippen molar-refractivity contribution < 1.29 is 14.3 Å². The molecule has 0 heterocycles. The summed E-state index contributed by atoms with van der Waals surface area (Å²) in [5.41, 5.74) is 4.16. The zero-order chi connectivity index (χ0) is 23.1. The van der Waals surface area contributed by atoms with E-state index < -0.39 is 6.04 Å². The first-order valence-corrected chi connectivity index (χ1v) is 11.5. The van der Waals surface area contributed by atoms with Gasteiger partial charge in [-0.3, -0.25) is 9.59 Å². The van der Waals surface area contributed by atoms with Crippen LogP contribution in [0.3, 0.4) is 0 Å². The summed E-state index contributed by atoms with van der Waals surface area (Å²) < 4.78 is 6.86. The van der Waals surface area contributed by atoms with E-state index in [2.05, 4.69) is 27.3 Å². The lowest BCUT2D eigenvalue weighted by molar-refractivity contribution is -0.142. The van der Waals surface area contributed by atoms with Crippen molar-refractivity contribution >= 4 is 27.7 Å². The van der Waals surface area contributed by atoms with E-state index in [1.165, 1.54) is 0 Å². The number of nitrogens with one attached hydrogen (secondary N) is 1. The second-order valence-electron chi connectivity index (χ2n) is 8.14. The molecule has 0 aliphatic carbocycles. The van der Waals surface area contributed by atoms with Crippen LogP contribution in [-0.2, 0) is 16.1 Å². The number of benzene rings is 2. The minimum atomic E-state index is -0.617. The molecule has 31 heavy (non-hydrogen) atoms. The maximum atomic E-state index is 13.2. The Hall–Kier alpha value is -2.34. The number of hydrogen-bond donors (Lipinski definition) is 1. The van der Waals surface area contributed by atoms with Gasteiger partial charge in [0.25, 0.3) is 5.91 Å². The van der Waals surface area contributed by atoms with Gasteiger partial charge in [0, 0.05) is 17.1 Å². The van der Waals surface area contributed by atoms with E-state index in [1.54, 1.807) is 11.8 Å². The standard InChI is InChI=1S/C25H33BrN2O3/c1-7-18(4)27-25(30)20(6)28(14-21-8-10-22(26)11-9-21)24(29)15-31-23-13-16(2)12-17(3)19(23)5/h8-13,18,20H,7,14-15H2,1-6H3,(H,27,30). The molecule has 0 radical (unpaired) electrons. The van der Waals surface area contributed by atoms with Crippen LogP contribution in [0.2, 0.25) is 0 Å². The summed E-state index contributed by atoms with van der Waals surface area (Å²) in [6.45, 7) is 11.9. The molecular formula is C25H33BrN2O3. The summed E-state index contributed by atoms with van der Waals surface area (Å²) in [6, 6.07) is 11.2. The van der Waals surface area contributed by atoms with Crippen LogP contribution >= 0.6 is 15.9 Å². The predicted molar refractivity (Wildman–Crippen MR) is 128 cm³/mol. The van der Waals surface area contributed by atoms with Crippen molar-refractivity contribution in [2.24, 2.45) is 0 Å². The number of carbonyl (C=O) groups is 2. The quantitative estimate of drug-likeness (QED) is 0.534. The molecule has 0 fully saturated rings. The van der Waals surface area contributed by atoms with Crippen molar-refractivity contribution in [1.29, 1.82) is 0 Å². The number of ether oxygens (including phenoxy) is 1. The van der Waals surface area contributed by atoms with Crippen LogP contribution in [0.5, 0.6) is 5.75 Å². The number of nitrogens with zero attached hydrogens (tertiary/aromatic N) is 1. The first-order valence-electron chi connectivity index (χ1n) is 10.7. The molecule has 0 saturated carbocycles. The van der Waals surface area contributed by atoms with Gasteiger partial charge in [-0.15, -0.1) is 0 Å². The minimum Gasteiger partial charge on any atom is -0.483 e. The molecule has 0 aromatic heterocycles. The molecule has 5 nitrogen and oxygen atoms in total. The van der Waals surface area contributed by atoms with Crippen LogP contribution in [0, 0.1) is 20.8 Å². The van der Waals surface area contributed by atoms with Crippen molar-refractivity contribution in [3.05, 3.63) is 63.1 Å². The fourth-order valence-corrected chi connectivity index (χ4v) is 3.47. The van der Waals surface area contributed by atoms with Crippen LogP contribution in [0.4, 0.5) is 0 Å². The van der Waals surface area contributed by atoms with Gasteiger partial charge in [0.05, 0.1) is 0 Å². The van der Waals surface area contributed by atoms with Crippen LogP contribution in [0.1, 0.15) is 49.4 Å². The molecule has 2 aromatic carbocycles. The third-order valence-corrected chi connectivity index (χ3v) is 6.08. The molecule has 2 rings (SSSR count). The highest BCUT2D eigenvalue weighted by atomic mass is 79.9. The number of carbonyl (C=O) groups excluding carboxylic acids is 2. The van der Waals surface area contributed by atoms with E-state index in [0.717, 1.165) is 33.1 Å². The molecular weight excluding hydrogens is 456 g/mol. The number of amides is 2. The van der Waals surface area contributed by atoms with Crippen LogP contribution in [0.15, 0.2) is 40.9 Å². The molecule has 0 saturated heterocycles. The summed E-state index contributed by atoms with van der Waals surface area (Å²) in [5, 5.41) is 2.98. The molecule has 1 N–H and O–H groups in total. The smallest absolute Gasteiger partial charge is 0.261 e. The molecule has 2 aromatic rings. The van der Waals surface area contributed by atoms with Gasteiger partial charge in [-0.05, 0) is 81.5 Å². The normalized spacial score (nSPS) is 12.7. The molecule has 2 unspecified atom stereocenters. The van der Waals surface area contributed by atoms with Gasteiger partial charge >= 0.3 is 0 Å².